The maximum Gasteiger partial charge on any atom is 0.189 e. The highest BCUT2D eigenvalue weighted by atomic mass is 32.2. The Balaban J connectivity index is 0.00000158. The lowest BCUT2D eigenvalue weighted by atomic mass is 10.1. The van der Waals surface area contributed by atoms with E-state index in [4.69, 9.17) is 14.7 Å². The molecular weight excluding hydrogens is 470 g/mol. The molecule has 0 bridgehead atoms. The second-order valence-electron chi connectivity index (χ2n) is 8.64. The third kappa shape index (κ3) is 6.04. The van der Waals surface area contributed by atoms with Crippen molar-refractivity contribution in [3.63, 3.8) is 0 Å². The molecular formula is C24H35N5O3S2. The number of aliphatic hydroxyl groups is 2. The molecule has 186 valence electrons. The van der Waals surface area contributed by atoms with E-state index in [1.54, 1.807) is 31.4 Å². The lowest BCUT2D eigenvalue weighted by Gasteiger charge is -2.26. The predicted molar refractivity (Wildman–Crippen MR) is 139 cm³/mol. The Labute approximate surface area is 209 Å². The van der Waals surface area contributed by atoms with Crippen molar-refractivity contribution >= 4 is 39.1 Å². The van der Waals surface area contributed by atoms with Crippen molar-refractivity contribution in [1.82, 2.24) is 19.9 Å². The van der Waals surface area contributed by atoms with Gasteiger partial charge >= 0.3 is 0 Å². The smallest absolute Gasteiger partial charge is 0.189 e. The van der Waals surface area contributed by atoms with Crippen LogP contribution in [0.25, 0.3) is 20.8 Å². The van der Waals surface area contributed by atoms with Crippen molar-refractivity contribution in [2.45, 2.75) is 77.5 Å². The van der Waals surface area contributed by atoms with E-state index in [0.29, 0.717) is 11.6 Å². The Morgan fingerprint density at radius 1 is 1.18 bits per heavy atom. The number of hydrogen-bond acceptors (Lipinski definition) is 10. The van der Waals surface area contributed by atoms with Gasteiger partial charge in [0.2, 0.25) is 0 Å². The summed E-state index contributed by atoms with van der Waals surface area (Å²) in [6.45, 7) is 11.2. The minimum atomic E-state index is -1.25. The molecule has 3 aromatic heterocycles. The number of nitrogens with one attached hydrogen (secondary N) is 1. The summed E-state index contributed by atoms with van der Waals surface area (Å²) in [4.78, 5) is 18.7. The van der Waals surface area contributed by atoms with E-state index in [2.05, 4.69) is 15.3 Å². The van der Waals surface area contributed by atoms with E-state index in [-0.39, 0.29) is 24.7 Å². The van der Waals surface area contributed by atoms with E-state index in [0.717, 1.165) is 44.4 Å². The first-order valence-electron chi connectivity index (χ1n) is 11.6. The zero-order valence-corrected chi connectivity index (χ0v) is 22.5. The Hall–Kier alpha value is -1.85. The number of ether oxygens (including phenoxy) is 1. The zero-order valence-electron chi connectivity index (χ0n) is 20.9. The maximum atomic E-state index is 10.1. The Morgan fingerprint density at radius 3 is 2.53 bits per heavy atom. The van der Waals surface area contributed by atoms with Gasteiger partial charge in [-0.15, -0.1) is 11.3 Å². The fourth-order valence-corrected chi connectivity index (χ4v) is 5.71. The number of aliphatic hydroxyl groups excluding tert-OH is 1. The summed E-state index contributed by atoms with van der Waals surface area (Å²) in [6, 6.07) is 2.02. The SMILES string of the molecule is CC.CSc1nc(C)c(-c2nc3c(C)nccc3s2)c(NC2CC(CO)[C@@H](OC(C)(C)O)C2)n1. The van der Waals surface area contributed by atoms with Crippen LogP contribution in [-0.4, -0.2) is 60.9 Å². The average Bonchev–Trinajstić information content (AvgIpc) is 3.38. The molecule has 1 fully saturated rings. The van der Waals surface area contributed by atoms with Crippen LogP contribution in [0.15, 0.2) is 17.4 Å². The van der Waals surface area contributed by atoms with Crippen LogP contribution in [0.4, 0.5) is 5.82 Å². The standard InChI is InChI=1S/C22H29N5O3S2.C2H6/c1-11-17(20-26-18-12(2)23-7-6-16(18)32-20)19(27-21(24-11)31-5)25-14-8-13(10-28)15(9-14)30-22(3,4)29;1-2/h6-7,13-15,28-29H,8-10H2,1-5H3,(H,24,25,27);1-2H3/t13?,14?,15-;/m0./s1. The van der Waals surface area contributed by atoms with Crippen LogP contribution in [-0.2, 0) is 4.74 Å². The van der Waals surface area contributed by atoms with E-state index in [9.17, 15) is 10.2 Å². The van der Waals surface area contributed by atoms with Gasteiger partial charge in [-0.1, -0.05) is 25.6 Å². The molecule has 10 heteroatoms. The molecule has 0 aliphatic heterocycles. The van der Waals surface area contributed by atoms with Crippen LogP contribution in [0.3, 0.4) is 0 Å². The topological polar surface area (TPSA) is 113 Å². The Bertz CT molecular complexity index is 1120. The van der Waals surface area contributed by atoms with Crippen LogP contribution >= 0.6 is 23.1 Å². The molecule has 4 rings (SSSR count). The lowest BCUT2D eigenvalue weighted by molar-refractivity contribution is -0.214. The van der Waals surface area contributed by atoms with Crippen molar-refractivity contribution in [2.24, 2.45) is 5.92 Å². The second kappa shape index (κ2) is 11.3. The molecule has 8 nitrogen and oxygen atoms in total. The van der Waals surface area contributed by atoms with Crippen molar-refractivity contribution in [3.05, 3.63) is 23.7 Å². The average molecular weight is 506 g/mol. The number of hydrogen-bond donors (Lipinski definition) is 3. The minimum Gasteiger partial charge on any atom is -0.396 e. The minimum absolute atomic E-state index is 0.00872. The third-order valence-electron chi connectivity index (χ3n) is 5.60. The van der Waals surface area contributed by atoms with Crippen LogP contribution in [0.2, 0.25) is 0 Å². The first-order chi connectivity index (χ1) is 16.2. The molecule has 1 aliphatic carbocycles. The van der Waals surface area contributed by atoms with Crippen LogP contribution in [0.1, 0.15) is 51.9 Å². The summed E-state index contributed by atoms with van der Waals surface area (Å²) < 4.78 is 6.88. The van der Waals surface area contributed by atoms with Crippen LogP contribution in [0.5, 0.6) is 0 Å². The summed E-state index contributed by atoms with van der Waals surface area (Å²) in [7, 11) is 0. The summed E-state index contributed by atoms with van der Waals surface area (Å²) in [5.74, 6) is -0.568. The third-order valence-corrected chi connectivity index (χ3v) is 7.19. The summed E-state index contributed by atoms with van der Waals surface area (Å²) in [5.41, 5.74) is 3.53. The van der Waals surface area contributed by atoms with Gasteiger partial charge in [-0.05, 0) is 52.9 Å². The summed E-state index contributed by atoms with van der Waals surface area (Å²) in [5, 5.41) is 25.1. The highest BCUT2D eigenvalue weighted by Gasteiger charge is 2.38. The van der Waals surface area contributed by atoms with Crippen molar-refractivity contribution in [3.8, 4) is 10.6 Å². The summed E-state index contributed by atoms with van der Waals surface area (Å²) >= 11 is 3.09. The van der Waals surface area contributed by atoms with E-state index in [1.807, 2.05) is 40.0 Å². The van der Waals surface area contributed by atoms with E-state index in [1.165, 1.54) is 11.8 Å². The van der Waals surface area contributed by atoms with Crippen molar-refractivity contribution in [1.29, 1.82) is 0 Å². The van der Waals surface area contributed by atoms with Crippen molar-refractivity contribution in [2.75, 3.05) is 18.2 Å². The molecule has 3 aromatic rings. The number of rotatable bonds is 7. The highest BCUT2D eigenvalue weighted by Crippen LogP contribution is 2.39. The van der Waals surface area contributed by atoms with Crippen molar-refractivity contribution < 1.29 is 14.9 Å². The fourth-order valence-electron chi connectivity index (χ4n) is 4.19. The van der Waals surface area contributed by atoms with E-state index >= 15 is 0 Å². The molecule has 34 heavy (non-hydrogen) atoms. The largest absolute Gasteiger partial charge is 0.396 e. The highest BCUT2D eigenvalue weighted by molar-refractivity contribution is 7.98. The van der Waals surface area contributed by atoms with Gasteiger partial charge in [-0.2, -0.15) is 0 Å². The monoisotopic (exact) mass is 505 g/mol. The van der Waals surface area contributed by atoms with Gasteiger partial charge in [0.25, 0.3) is 0 Å². The molecule has 0 radical (unpaired) electrons. The first kappa shape index (κ1) is 26.7. The summed E-state index contributed by atoms with van der Waals surface area (Å²) in [6.07, 6.45) is 4.90. The number of fused-ring (bicyclic) bond motifs is 1. The van der Waals surface area contributed by atoms with Gasteiger partial charge in [0, 0.05) is 24.8 Å². The zero-order chi connectivity index (χ0) is 25.0. The molecule has 0 aromatic carbocycles. The Morgan fingerprint density at radius 2 is 1.91 bits per heavy atom. The molecule has 3 N–H and O–H groups in total. The molecule has 3 heterocycles. The fraction of sp³-hybridized carbons (Fsp3) is 0.583. The van der Waals surface area contributed by atoms with Gasteiger partial charge in [-0.3, -0.25) is 4.98 Å². The molecule has 3 atom stereocenters. The number of aromatic nitrogens is 4. The van der Waals surface area contributed by atoms with Gasteiger partial charge in [0.1, 0.15) is 16.3 Å². The molecule has 0 spiro atoms. The molecule has 1 aliphatic rings. The molecule has 0 amide bonds. The normalized spacial score (nSPS) is 20.3. The van der Waals surface area contributed by atoms with E-state index < -0.39 is 5.79 Å². The molecule has 0 saturated heterocycles. The van der Waals surface area contributed by atoms with Gasteiger partial charge in [0.15, 0.2) is 10.9 Å². The predicted octanol–water partition coefficient (Wildman–Crippen LogP) is 4.81. The van der Waals surface area contributed by atoms with Crippen LogP contribution < -0.4 is 5.32 Å². The number of thiazole rings is 1. The number of pyridine rings is 1. The lowest BCUT2D eigenvalue weighted by Crippen LogP contribution is -2.33. The van der Waals surface area contributed by atoms with Gasteiger partial charge in [-0.25, -0.2) is 15.0 Å². The van der Waals surface area contributed by atoms with Gasteiger partial charge < -0.3 is 20.3 Å². The molecule has 1 saturated carbocycles. The molecule has 2 unspecified atom stereocenters. The Kier molecular flexibility index (Phi) is 8.86. The number of anilines is 1. The number of aryl methyl sites for hydroxylation is 2. The van der Waals surface area contributed by atoms with Crippen LogP contribution in [0, 0.1) is 19.8 Å². The second-order valence-corrected chi connectivity index (χ2v) is 10.4. The number of nitrogens with zero attached hydrogens (tertiary/aromatic N) is 4. The first-order valence-corrected chi connectivity index (χ1v) is 13.7. The maximum absolute atomic E-state index is 10.1. The van der Waals surface area contributed by atoms with Gasteiger partial charge in [0.05, 0.1) is 27.8 Å². The number of thioether (sulfide) groups is 1. The quantitative estimate of drug-likeness (QED) is 0.236.